The number of rotatable bonds is 13. The van der Waals surface area contributed by atoms with Crippen LogP contribution in [0.4, 0.5) is 0 Å². The van der Waals surface area contributed by atoms with Crippen molar-refractivity contribution in [3.63, 3.8) is 0 Å². The van der Waals surface area contributed by atoms with Gasteiger partial charge in [-0.1, -0.05) is 20.8 Å². The molecule has 0 fully saturated rings. The van der Waals surface area contributed by atoms with Gasteiger partial charge in [0.05, 0.1) is 0 Å². The molecule has 124 valence electrons. The van der Waals surface area contributed by atoms with Crippen molar-refractivity contribution in [1.29, 1.82) is 0 Å². The second-order valence-electron chi connectivity index (χ2n) is 5.49. The van der Waals surface area contributed by atoms with Crippen molar-refractivity contribution in [2.45, 2.75) is 71.8 Å². The normalized spacial score (nSPS) is 12.4. The Labute approximate surface area is 129 Å². The summed E-state index contributed by atoms with van der Waals surface area (Å²) in [4.78, 5) is 24.8. The van der Waals surface area contributed by atoms with E-state index >= 15 is 0 Å². The Morgan fingerprint density at radius 3 is 2.14 bits per heavy atom. The minimum Gasteiger partial charge on any atom is -0.480 e. The number of carboxylic acids is 1. The first-order chi connectivity index (χ1) is 10.1. The van der Waals surface area contributed by atoms with Gasteiger partial charge >= 0.3 is 5.97 Å². The molecule has 0 aliphatic heterocycles. The molecule has 21 heavy (non-hydrogen) atoms. The average Bonchev–Trinajstić information content (AvgIpc) is 2.42. The van der Waals surface area contributed by atoms with Crippen molar-refractivity contribution < 1.29 is 14.7 Å². The van der Waals surface area contributed by atoms with Gasteiger partial charge in [0.15, 0.2) is 0 Å². The number of unbranched alkanes of at least 4 members (excludes halogenated alkanes) is 1. The first kappa shape index (κ1) is 19.9. The van der Waals surface area contributed by atoms with Crippen molar-refractivity contribution >= 4 is 11.9 Å². The lowest BCUT2D eigenvalue weighted by Gasteiger charge is -2.28. The number of aliphatic carboxylic acids is 1. The number of carboxylic acid groups (broad SMARTS) is 1. The van der Waals surface area contributed by atoms with Gasteiger partial charge in [0.1, 0.15) is 6.04 Å². The highest BCUT2D eigenvalue weighted by Gasteiger charge is 2.23. The van der Waals surface area contributed by atoms with E-state index in [0.29, 0.717) is 19.4 Å². The van der Waals surface area contributed by atoms with E-state index in [4.69, 9.17) is 0 Å². The van der Waals surface area contributed by atoms with Gasteiger partial charge in [0.25, 0.3) is 0 Å². The molecule has 0 bridgehead atoms. The molecule has 0 aliphatic carbocycles. The fourth-order valence-corrected chi connectivity index (χ4v) is 2.47. The zero-order valence-electron chi connectivity index (χ0n) is 13.9. The number of carbonyl (C=O) groups is 2. The lowest BCUT2D eigenvalue weighted by atomic mass is 10.1. The molecule has 1 atom stereocenters. The maximum atomic E-state index is 11.4. The minimum atomic E-state index is -0.730. The average molecular weight is 300 g/mol. The molecule has 0 unspecified atom stereocenters. The van der Waals surface area contributed by atoms with Crippen LogP contribution in [0.3, 0.4) is 0 Å². The van der Waals surface area contributed by atoms with Crippen LogP contribution in [-0.4, -0.2) is 47.6 Å². The summed E-state index contributed by atoms with van der Waals surface area (Å²) in [5, 5.41) is 12.3. The molecule has 0 rings (SSSR count). The zero-order chi connectivity index (χ0) is 16.1. The number of hydrogen-bond donors (Lipinski definition) is 2. The van der Waals surface area contributed by atoms with Crippen LogP contribution in [0.5, 0.6) is 0 Å². The van der Waals surface area contributed by atoms with E-state index in [-0.39, 0.29) is 5.91 Å². The van der Waals surface area contributed by atoms with E-state index in [9.17, 15) is 14.7 Å². The first-order valence-corrected chi connectivity index (χ1v) is 8.30. The van der Waals surface area contributed by atoms with Gasteiger partial charge in [0, 0.05) is 13.0 Å². The largest absolute Gasteiger partial charge is 0.480 e. The van der Waals surface area contributed by atoms with E-state index in [0.717, 1.165) is 45.2 Å². The van der Waals surface area contributed by atoms with Gasteiger partial charge in [-0.05, 0) is 51.6 Å². The van der Waals surface area contributed by atoms with E-state index in [1.54, 1.807) is 0 Å². The Balaban J connectivity index is 4.08. The van der Waals surface area contributed by atoms with Crippen molar-refractivity contribution in [2.24, 2.45) is 0 Å². The highest BCUT2D eigenvalue weighted by molar-refractivity contribution is 5.75. The van der Waals surface area contributed by atoms with Gasteiger partial charge in [-0.3, -0.25) is 14.5 Å². The standard InChI is InChI=1S/C16H32N2O3/c1-4-9-15(19)17-11-8-7-10-14(16(20)21)18(12-5-2)13-6-3/h14H,4-13H2,1-3H3,(H,17,19)(H,20,21)/t14-/m0/s1. The SMILES string of the molecule is CCCC(=O)NCCCC[C@@H](C(=O)O)N(CCC)CCC. The Hall–Kier alpha value is -1.10. The molecule has 0 spiro atoms. The number of amides is 1. The quantitative estimate of drug-likeness (QED) is 0.513. The van der Waals surface area contributed by atoms with Gasteiger partial charge in [0.2, 0.25) is 5.91 Å². The third-order valence-corrected chi connectivity index (χ3v) is 3.45. The Morgan fingerprint density at radius 2 is 1.67 bits per heavy atom. The minimum absolute atomic E-state index is 0.0888. The second kappa shape index (κ2) is 12.6. The van der Waals surface area contributed by atoms with Crippen molar-refractivity contribution in [3.05, 3.63) is 0 Å². The van der Waals surface area contributed by atoms with E-state index < -0.39 is 12.0 Å². The molecule has 0 saturated carbocycles. The highest BCUT2D eigenvalue weighted by atomic mass is 16.4. The predicted molar refractivity (Wildman–Crippen MR) is 85.3 cm³/mol. The summed E-state index contributed by atoms with van der Waals surface area (Å²) in [6.07, 6.45) is 5.68. The van der Waals surface area contributed by atoms with Crippen molar-refractivity contribution in [3.8, 4) is 0 Å². The van der Waals surface area contributed by atoms with Crippen molar-refractivity contribution in [1.82, 2.24) is 10.2 Å². The second-order valence-corrected chi connectivity index (χ2v) is 5.49. The van der Waals surface area contributed by atoms with Gasteiger partial charge in [-0.2, -0.15) is 0 Å². The third kappa shape index (κ3) is 9.45. The Bertz CT molecular complexity index is 289. The summed E-state index contributed by atoms with van der Waals surface area (Å²) >= 11 is 0. The van der Waals surface area contributed by atoms with Gasteiger partial charge < -0.3 is 10.4 Å². The third-order valence-electron chi connectivity index (χ3n) is 3.45. The maximum absolute atomic E-state index is 11.4. The fraction of sp³-hybridized carbons (Fsp3) is 0.875. The summed E-state index contributed by atoms with van der Waals surface area (Å²) in [6.45, 7) is 8.44. The molecule has 5 nitrogen and oxygen atoms in total. The lowest BCUT2D eigenvalue weighted by Crippen LogP contribution is -2.42. The molecule has 0 aromatic heterocycles. The van der Waals surface area contributed by atoms with Crippen LogP contribution in [-0.2, 0) is 9.59 Å². The molecular formula is C16H32N2O3. The van der Waals surface area contributed by atoms with Crippen molar-refractivity contribution in [2.75, 3.05) is 19.6 Å². The molecule has 2 N–H and O–H groups in total. The Kier molecular flexibility index (Phi) is 12.0. The molecule has 0 aromatic carbocycles. The smallest absolute Gasteiger partial charge is 0.320 e. The van der Waals surface area contributed by atoms with Crippen LogP contribution < -0.4 is 5.32 Å². The molecule has 5 heteroatoms. The molecule has 1 amide bonds. The van der Waals surface area contributed by atoms with Crippen LogP contribution in [0.25, 0.3) is 0 Å². The number of nitrogens with zero attached hydrogens (tertiary/aromatic N) is 1. The topological polar surface area (TPSA) is 69.6 Å². The zero-order valence-corrected chi connectivity index (χ0v) is 13.9. The first-order valence-electron chi connectivity index (χ1n) is 8.30. The van der Waals surface area contributed by atoms with Crippen LogP contribution in [0.1, 0.15) is 65.7 Å². The molecule has 0 aromatic rings. The molecular weight excluding hydrogens is 268 g/mol. The number of hydrogen-bond acceptors (Lipinski definition) is 3. The van der Waals surface area contributed by atoms with Crippen LogP contribution in [0.2, 0.25) is 0 Å². The molecule has 0 saturated heterocycles. The van der Waals surface area contributed by atoms with Crippen LogP contribution in [0.15, 0.2) is 0 Å². The molecule has 0 radical (unpaired) electrons. The number of nitrogens with one attached hydrogen (secondary N) is 1. The van der Waals surface area contributed by atoms with Crippen LogP contribution in [0, 0.1) is 0 Å². The Morgan fingerprint density at radius 1 is 1.05 bits per heavy atom. The lowest BCUT2D eigenvalue weighted by molar-refractivity contribution is -0.143. The van der Waals surface area contributed by atoms with Crippen LogP contribution >= 0.6 is 0 Å². The van der Waals surface area contributed by atoms with E-state index in [1.165, 1.54) is 0 Å². The van der Waals surface area contributed by atoms with Gasteiger partial charge in [-0.25, -0.2) is 0 Å². The highest BCUT2D eigenvalue weighted by Crippen LogP contribution is 2.11. The van der Waals surface area contributed by atoms with E-state index in [2.05, 4.69) is 24.1 Å². The molecule has 0 aliphatic rings. The van der Waals surface area contributed by atoms with Gasteiger partial charge in [-0.15, -0.1) is 0 Å². The summed E-state index contributed by atoms with van der Waals surface area (Å²) in [6, 6.07) is -0.392. The number of carbonyl (C=O) groups excluding carboxylic acids is 1. The summed E-state index contributed by atoms with van der Waals surface area (Å²) in [5.74, 6) is -0.641. The van der Waals surface area contributed by atoms with E-state index in [1.807, 2.05) is 6.92 Å². The maximum Gasteiger partial charge on any atom is 0.320 e. The molecule has 0 heterocycles. The predicted octanol–water partition coefficient (Wildman–Crippen LogP) is 2.65. The monoisotopic (exact) mass is 300 g/mol. The summed E-state index contributed by atoms with van der Waals surface area (Å²) in [5.41, 5.74) is 0. The summed E-state index contributed by atoms with van der Waals surface area (Å²) < 4.78 is 0. The fourth-order valence-electron chi connectivity index (χ4n) is 2.47. The summed E-state index contributed by atoms with van der Waals surface area (Å²) in [7, 11) is 0.